The highest BCUT2D eigenvalue weighted by molar-refractivity contribution is 7.10. The fourth-order valence-electron chi connectivity index (χ4n) is 2.03. The molecule has 66 valence electrons. The quantitative estimate of drug-likeness (QED) is 0.603. The fourth-order valence-corrected chi connectivity index (χ4v) is 3.16. The van der Waals surface area contributed by atoms with Gasteiger partial charge in [-0.15, -0.1) is 22.9 Å². The lowest BCUT2D eigenvalue weighted by atomic mass is 9.99. The summed E-state index contributed by atoms with van der Waals surface area (Å²) in [6.07, 6.45) is 3.66. The molecule has 1 aliphatic rings. The SMILES string of the molecule is Cc1sccc1C1CCC(Cl)C1. The molecule has 1 heterocycles. The van der Waals surface area contributed by atoms with Crippen LogP contribution in [-0.2, 0) is 0 Å². The van der Waals surface area contributed by atoms with Gasteiger partial charge in [0.25, 0.3) is 0 Å². The standard InChI is InChI=1S/C10H13ClS/c1-7-10(4-5-12-7)8-2-3-9(11)6-8/h4-5,8-9H,2-3,6H2,1H3. The molecule has 1 aliphatic carbocycles. The molecular weight excluding hydrogens is 188 g/mol. The van der Waals surface area contributed by atoms with Gasteiger partial charge in [0.15, 0.2) is 0 Å². The van der Waals surface area contributed by atoms with Crippen molar-refractivity contribution in [3.63, 3.8) is 0 Å². The minimum absolute atomic E-state index is 0.425. The van der Waals surface area contributed by atoms with Gasteiger partial charge in [0, 0.05) is 10.3 Å². The summed E-state index contributed by atoms with van der Waals surface area (Å²) in [7, 11) is 0. The van der Waals surface area contributed by atoms with E-state index in [2.05, 4.69) is 18.4 Å². The number of thiophene rings is 1. The third-order valence-corrected chi connectivity index (χ3v) is 3.97. The molecule has 0 N–H and O–H groups in total. The van der Waals surface area contributed by atoms with Crippen molar-refractivity contribution in [1.82, 2.24) is 0 Å². The molecule has 0 bridgehead atoms. The number of aryl methyl sites for hydroxylation is 1. The number of hydrogen-bond donors (Lipinski definition) is 0. The van der Waals surface area contributed by atoms with Crippen LogP contribution >= 0.6 is 22.9 Å². The van der Waals surface area contributed by atoms with Crippen LogP contribution in [0.4, 0.5) is 0 Å². The molecule has 1 aromatic heterocycles. The molecule has 0 saturated heterocycles. The fraction of sp³-hybridized carbons (Fsp3) is 0.600. The first-order chi connectivity index (χ1) is 5.77. The molecule has 0 radical (unpaired) electrons. The molecule has 1 fully saturated rings. The summed E-state index contributed by atoms with van der Waals surface area (Å²) in [5.41, 5.74) is 1.54. The van der Waals surface area contributed by atoms with Crippen LogP contribution in [-0.4, -0.2) is 5.38 Å². The van der Waals surface area contributed by atoms with Crippen molar-refractivity contribution in [3.05, 3.63) is 21.9 Å². The lowest BCUT2D eigenvalue weighted by Crippen LogP contribution is -1.93. The van der Waals surface area contributed by atoms with E-state index in [4.69, 9.17) is 11.6 Å². The molecule has 2 heteroatoms. The van der Waals surface area contributed by atoms with Gasteiger partial charge in [-0.2, -0.15) is 0 Å². The Bertz CT molecular complexity index is 267. The van der Waals surface area contributed by atoms with Crippen LogP contribution in [0.2, 0.25) is 0 Å². The monoisotopic (exact) mass is 200 g/mol. The molecule has 1 saturated carbocycles. The Morgan fingerprint density at radius 1 is 1.50 bits per heavy atom. The van der Waals surface area contributed by atoms with Gasteiger partial charge in [-0.05, 0) is 49.1 Å². The summed E-state index contributed by atoms with van der Waals surface area (Å²) < 4.78 is 0. The average Bonchev–Trinajstić information content (AvgIpc) is 2.58. The Hall–Kier alpha value is -0.0100. The molecule has 0 aromatic carbocycles. The van der Waals surface area contributed by atoms with Crippen molar-refractivity contribution >= 4 is 22.9 Å². The zero-order valence-electron chi connectivity index (χ0n) is 7.22. The molecule has 1 aromatic rings. The second-order valence-electron chi connectivity index (χ2n) is 3.54. The summed E-state index contributed by atoms with van der Waals surface area (Å²) in [6.45, 7) is 2.21. The number of halogens is 1. The van der Waals surface area contributed by atoms with Gasteiger partial charge in [0.2, 0.25) is 0 Å². The molecule has 0 spiro atoms. The van der Waals surface area contributed by atoms with E-state index in [9.17, 15) is 0 Å². The van der Waals surface area contributed by atoms with Crippen LogP contribution < -0.4 is 0 Å². The third kappa shape index (κ3) is 1.53. The predicted octanol–water partition coefficient (Wildman–Crippen LogP) is 3.93. The first kappa shape index (κ1) is 8.58. The maximum Gasteiger partial charge on any atom is 0.0342 e. The minimum Gasteiger partial charge on any atom is -0.149 e. The van der Waals surface area contributed by atoms with Crippen molar-refractivity contribution < 1.29 is 0 Å². The maximum atomic E-state index is 6.08. The van der Waals surface area contributed by atoms with Crippen LogP contribution in [0, 0.1) is 6.92 Å². The first-order valence-corrected chi connectivity index (χ1v) is 5.77. The normalized spacial score (nSPS) is 29.5. The van der Waals surface area contributed by atoms with E-state index < -0.39 is 0 Å². The van der Waals surface area contributed by atoms with E-state index in [0.717, 1.165) is 5.92 Å². The lowest BCUT2D eigenvalue weighted by molar-refractivity contribution is 0.723. The number of hydrogen-bond acceptors (Lipinski definition) is 1. The Kier molecular flexibility index (Phi) is 2.42. The van der Waals surface area contributed by atoms with Gasteiger partial charge in [0.1, 0.15) is 0 Å². The van der Waals surface area contributed by atoms with Crippen LogP contribution in [0.5, 0.6) is 0 Å². The summed E-state index contributed by atoms with van der Waals surface area (Å²) in [4.78, 5) is 1.48. The van der Waals surface area contributed by atoms with Crippen LogP contribution in [0.25, 0.3) is 0 Å². The lowest BCUT2D eigenvalue weighted by Gasteiger charge is -2.07. The Morgan fingerprint density at radius 2 is 2.33 bits per heavy atom. The van der Waals surface area contributed by atoms with Crippen molar-refractivity contribution in [2.45, 2.75) is 37.5 Å². The average molecular weight is 201 g/mol. The van der Waals surface area contributed by atoms with Gasteiger partial charge in [-0.1, -0.05) is 0 Å². The van der Waals surface area contributed by atoms with E-state index >= 15 is 0 Å². The van der Waals surface area contributed by atoms with E-state index in [1.54, 1.807) is 5.56 Å². The van der Waals surface area contributed by atoms with Crippen molar-refractivity contribution in [3.8, 4) is 0 Å². The summed E-state index contributed by atoms with van der Waals surface area (Å²) in [5.74, 6) is 0.749. The van der Waals surface area contributed by atoms with E-state index in [1.807, 2.05) is 11.3 Å². The molecule has 0 nitrogen and oxygen atoms in total. The summed E-state index contributed by atoms with van der Waals surface area (Å²) in [6, 6.07) is 2.26. The Morgan fingerprint density at radius 3 is 2.83 bits per heavy atom. The molecule has 2 rings (SSSR count). The molecule has 2 unspecified atom stereocenters. The number of alkyl halides is 1. The van der Waals surface area contributed by atoms with E-state index in [1.165, 1.54) is 24.1 Å². The van der Waals surface area contributed by atoms with Gasteiger partial charge in [-0.3, -0.25) is 0 Å². The van der Waals surface area contributed by atoms with Gasteiger partial charge in [-0.25, -0.2) is 0 Å². The van der Waals surface area contributed by atoms with Crippen molar-refractivity contribution in [2.75, 3.05) is 0 Å². The highest BCUT2D eigenvalue weighted by atomic mass is 35.5. The van der Waals surface area contributed by atoms with Crippen molar-refractivity contribution in [1.29, 1.82) is 0 Å². The third-order valence-electron chi connectivity index (χ3n) is 2.71. The van der Waals surface area contributed by atoms with Gasteiger partial charge >= 0.3 is 0 Å². The molecular formula is C10H13ClS. The van der Waals surface area contributed by atoms with Gasteiger partial charge in [0.05, 0.1) is 0 Å². The largest absolute Gasteiger partial charge is 0.149 e. The smallest absolute Gasteiger partial charge is 0.0342 e. The molecule has 12 heavy (non-hydrogen) atoms. The van der Waals surface area contributed by atoms with Crippen LogP contribution in [0.1, 0.15) is 35.6 Å². The zero-order chi connectivity index (χ0) is 8.55. The van der Waals surface area contributed by atoms with Gasteiger partial charge < -0.3 is 0 Å². The second-order valence-corrected chi connectivity index (χ2v) is 5.28. The zero-order valence-corrected chi connectivity index (χ0v) is 8.79. The maximum absolute atomic E-state index is 6.08. The van der Waals surface area contributed by atoms with E-state index in [-0.39, 0.29) is 0 Å². The molecule has 2 atom stereocenters. The highest BCUT2D eigenvalue weighted by Gasteiger charge is 2.25. The Balaban J connectivity index is 2.16. The van der Waals surface area contributed by atoms with Crippen molar-refractivity contribution in [2.24, 2.45) is 0 Å². The van der Waals surface area contributed by atoms with Crippen LogP contribution in [0.3, 0.4) is 0 Å². The summed E-state index contributed by atoms with van der Waals surface area (Å²) >= 11 is 7.93. The summed E-state index contributed by atoms with van der Waals surface area (Å²) in [5, 5.41) is 2.61. The molecule has 0 aliphatic heterocycles. The predicted molar refractivity (Wildman–Crippen MR) is 55.3 cm³/mol. The topological polar surface area (TPSA) is 0 Å². The van der Waals surface area contributed by atoms with E-state index in [0.29, 0.717) is 5.38 Å². The molecule has 0 amide bonds. The first-order valence-electron chi connectivity index (χ1n) is 4.45. The Labute approximate surface area is 82.6 Å². The minimum atomic E-state index is 0.425. The second kappa shape index (κ2) is 3.39. The number of rotatable bonds is 1. The highest BCUT2D eigenvalue weighted by Crippen LogP contribution is 2.39. The van der Waals surface area contributed by atoms with Crippen LogP contribution in [0.15, 0.2) is 11.4 Å².